The molecule has 1 saturated heterocycles. The number of carbonyl (C=O) groups is 1. The Bertz CT molecular complexity index is 1310. The van der Waals surface area contributed by atoms with Crippen LogP contribution in [0.1, 0.15) is 36.0 Å². The first kappa shape index (κ1) is 21.3. The van der Waals surface area contributed by atoms with Crippen LogP contribution in [0.25, 0.3) is 10.8 Å². The van der Waals surface area contributed by atoms with Crippen LogP contribution < -0.4 is 5.56 Å². The largest absolute Gasteiger partial charge is 0.494 e. The highest BCUT2D eigenvalue weighted by Crippen LogP contribution is 2.27. The minimum Gasteiger partial charge on any atom is -0.494 e. The van der Waals surface area contributed by atoms with Gasteiger partial charge in [-0.2, -0.15) is 5.26 Å². The third kappa shape index (κ3) is 4.00. The summed E-state index contributed by atoms with van der Waals surface area (Å²) in [7, 11) is 0. The molecule has 0 saturated carbocycles. The Morgan fingerprint density at radius 1 is 1.16 bits per heavy atom. The van der Waals surface area contributed by atoms with Crippen molar-refractivity contribution in [2.75, 3.05) is 13.1 Å². The van der Waals surface area contributed by atoms with Crippen LogP contribution in [0.15, 0.2) is 52.3 Å². The summed E-state index contributed by atoms with van der Waals surface area (Å²) in [5, 5.41) is 22.5. The maximum absolute atomic E-state index is 12.8. The quantitative estimate of drug-likeness (QED) is 0.606. The number of nitriles is 1. The molecule has 1 aromatic heterocycles. The molecule has 0 unspecified atom stereocenters. The van der Waals surface area contributed by atoms with E-state index in [0.29, 0.717) is 30.5 Å². The molecule has 7 heteroatoms. The fraction of sp³-hybridized carbons (Fsp3) is 0.280. The van der Waals surface area contributed by atoms with Gasteiger partial charge in [0.25, 0.3) is 5.56 Å². The highest BCUT2D eigenvalue weighted by molar-refractivity contribution is 5.96. The van der Waals surface area contributed by atoms with E-state index in [4.69, 9.17) is 0 Å². The van der Waals surface area contributed by atoms with Crippen LogP contribution in [-0.4, -0.2) is 39.8 Å². The van der Waals surface area contributed by atoms with Crippen molar-refractivity contribution in [2.24, 2.45) is 4.99 Å². The molecule has 32 heavy (non-hydrogen) atoms. The lowest BCUT2D eigenvalue weighted by molar-refractivity contribution is -0.127. The third-order valence-electron chi connectivity index (χ3n) is 5.93. The summed E-state index contributed by atoms with van der Waals surface area (Å²) < 4.78 is 1.20. The number of carbonyl (C=O) groups excluding carboxylic acids is 1. The van der Waals surface area contributed by atoms with Gasteiger partial charge in [-0.1, -0.05) is 36.4 Å². The van der Waals surface area contributed by atoms with Crippen LogP contribution in [-0.2, 0) is 11.3 Å². The predicted octanol–water partition coefficient (Wildman–Crippen LogP) is 3.65. The lowest BCUT2D eigenvalue weighted by atomic mass is 10.1. The van der Waals surface area contributed by atoms with E-state index in [1.165, 1.54) is 10.8 Å². The first-order valence-corrected chi connectivity index (χ1v) is 10.7. The van der Waals surface area contributed by atoms with E-state index in [1.54, 1.807) is 11.8 Å². The number of aromatic nitrogens is 1. The fourth-order valence-electron chi connectivity index (χ4n) is 4.15. The smallest absolute Gasteiger partial charge is 0.271 e. The van der Waals surface area contributed by atoms with E-state index in [-0.39, 0.29) is 23.9 Å². The number of likely N-dealkylation sites (tertiary alicyclic amines) is 1. The standard InChI is InChI=1S/C25H24N4O3/c1-17-20(15-26)24(31)29(14-6-13-28-12-5-11-23(28)30)25(32)21(17)16-27-22-10-4-8-18-7-2-3-9-19(18)22/h2-4,7-10,16,32H,5-6,11-14H2,1H3. The first-order chi connectivity index (χ1) is 15.5. The van der Waals surface area contributed by atoms with Crippen molar-refractivity contribution in [2.45, 2.75) is 32.7 Å². The number of fused-ring (bicyclic) bond motifs is 1. The zero-order valence-electron chi connectivity index (χ0n) is 17.9. The SMILES string of the molecule is Cc1c(C=Nc2cccc3ccccc23)c(O)n(CCCN2CCCC2=O)c(=O)c1C#N. The van der Waals surface area contributed by atoms with Crippen molar-refractivity contribution in [3.8, 4) is 11.9 Å². The third-order valence-corrected chi connectivity index (χ3v) is 5.93. The van der Waals surface area contributed by atoms with Gasteiger partial charge >= 0.3 is 0 Å². The zero-order chi connectivity index (χ0) is 22.7. The van der Waals surface area contributed by atoms with E-state index in [2.05, 4.69) is 4.99 Å². The van der Waals surface area contributed by atoms with Gasteiger partial charge in [-0.3, -0.25) is 19.1 Å². The predicted molar refractivity (Wildman–Crippen MR) is 123 cm³/mol. The summed E-state index contributed by atoms with van der Waals surface area (Å²) in [6.07, 6.45) is 3.42. The summed E-state index contributed by atoms with van der Waals surface area (Å²) >= 11 is 0. The summed E-state index contributed by atoms with van der Waals surface area (Å²) in [5.41, 5.74) is 0.916. The average Bonchev–Trinajstić information content (AvgIpc) is 3.21. The second-order valence-corrected chi connectivity index (χ2v) is 7.90. The van der Waals surface area contributed by atoms with Gasteiger partial charge in [0.1, 0.15) is 11.6 Å². The monoisotopic (exact) mass is 428 g/mol. The molecule has 0 spiro atoms. The minimum absolute atomic E-state index is 0.0144. The number of hydrogen-bond acceptors (Lipinski definition) is 5. The molecule has 0 aliphatic carbocycles. The van der Waals surface area contributed by atoms with Crippen LogP contribution >= 0.6 is 0 Å². The van der Waals surface area contributed by atoms with Gasteiger partial charge in [0.05, 0.1) is 11.3 Å². The molecule has 0 bridgehead atoms. The van der Waals surface area contributed by atoms with Crippen molar-refractivity contribution in [1.29, 1.82) is 5.26 Å². The number of benzene rings is 2. The highest BCUT2D eigenvalue weighted by atomic mass is 16.3. The molecule has 1 N–H and O–H groups in total. The van der Waals surface area contributed by atoms with Crippen molar-refractivity contribution in [1.82, 2.24) is 9.47 Å². The van der Waals surface area contributed by atoms with E-state index in [1.807, 2.05) is 48.5 Å². The molecule has 4 rings (SSSR count). The van der Waals surface area contributed by atoms with Crippen LogP contribution in [0.4, 0.5) is 5.69 Å². The van der Waals surface area contributed by atoms with E-state index >= 15 is 0 Å². The Kier molecular flexibility index (Phi) is 6.04. The molecule has 1 aliphatic heterocycles. The van der Waals surface area contributed by atoms with Gasteiger partial charge in [-0.25, -0.2) is 0 Å². The number of amides is 1. The van der Waals surface area contributed by atoms with Gasteiger partial charge < -0.3 is 10.0 Å². The lowest BCUT2D eigenvalue weighted by Crippen LogP contribution is -2.29. The van der Waals surface area contributed by atoms with Gasteiger partial charge in [0.15, 0.2) is 0 Å². The molecule has 1 amide bonds. The van der Waals surface area contributed by atoms with Crippen LogP contribution in [0.3, 0.4) is 0 Å². The molecule has 0 atom stereocenters. The Labute approximate surface area is 185 Å². The van der Waals surface area contributed by atoms with Gasteiger partial charge in [0.2, 0.25) is 11.8 Å². The van der Waals surface area contributed by atoms with Gasteiger partial charge in [0, 0.05) is 37.7 Å². The molecule has 1 aliphatic rings. The van der Waals surface area contributed by atoms with Crippen molar-refractivity contribution < 1.29 is 9.90 Å². The van der Waals surface area contributed by atoms with Crippen LogP contribution in [0.5, 0.6) is 5.88 Å². The van der Waals surface area contributed by atoms with Crippen molar-refractivity contribution >= 4 is 28.6 Å². The molecule has 7 nitrogen and oxygen atoms in total. The normalized spacial score (nSPS) is 13.9. The van der Waals surface area contributed by atoms with Crippen LogP contribution in [0.2, 0.25) is 0 Å². The average molecular weight is 428 g/mol. The molecule has 2 aromatic carbocycles. The number of aromatic hydroxyl groups is 1. The first-order valence-electron chi connectivity index (χ1n) is 10.7. The molecule has 0 radical (unpaired) electrons. The second-order valence-electron chi connectivity index (χ2n) is 7.90. The van der Waals surface area contributed by atoms with Crippen molar-refractivity contribution in [3.05, 3.63) is 69.5 Å². The zero-order valence-corrected chi connectivity index (χ0v) is 17.9. The summed E-state index contributed by atoms with van der Waals surface area (Å²) in [4.78, 5) is 30.9. The Balaban J connectivity index is 1.68. The number of pyridine rings is 1. The molecule has 3 aromatic rings. The molecule has 2 heterocycles. The Morgan fingerprint density at radius 2 is 1.94 bits per heavy atom. The number of rotatable bonds is 6. The van der Waals surface area contributed by atoms with Gasteiger partial charge in [-0.05, 0) is 36.8 Å². The number of nitrogens with zero attached hydrogens (tertiary/aromatic N) is 4. The van der Waals surface area contributed by atoms with E-state index in [0.717, 1.165) is 29.4 Å². The molecular formula is C25H24N4O3. The number of aliphatic imine (C=N–C) groups is 1. The molecule has 1 fully saturated rings. The van der Waals surface area contributed by atoms with Gasteiger partial charge in [-0.15, -0.1) is 0 Å². The van der Waals surface area contributed by atoms with Crippen LogP contribution in [0, 0.1) is 18.3 Å². The highest BCUT2D eigenvalue weighted by Gasteiger charge is 2.21. The minimum atomic E-state index is -0.530. The topological polar surface area (TPSA) is 98.7 Å². The molecular weight excluding hydrogens is 404 g/mol. The molecule has 162 valence electrons. The summed E-state index contributed by atoms with van der Waals surface area (Å²) in [6.45, 7) is 3.08. The number of hydrogen-bond donors (Lipinski definition) is 1. The van der Waals surface area contributed by atoms with E-state index in [9.17, 15) is 20.0 Å². The van der Waals surface area contributed by atoms with E-state index < -0.39 is 5.56 Å². The maximum atomic E-state index is 12.8. The lowest BCUT2D eigenvalue weighted by Gasteiger charge is -2.17. The Hall–Kier alpha value is -3.92. The second kappa shape index (κ2) is 9.06. The summed E-state index contributed by atoms with van der Waals surface area (Å²) in [6, 6.07) is 15.6. The van der Waals surface area contributed by atoms with Crippen molar-refractivity contribution in [3.63, 3.8) is 0 Å². The summed E-state index contributed by atoms with van der Waals surface area (Å²) in [5.74, 6) is -0.102. The fourth-order valence-corrected chi connectivity index (χ4v) is 4.15. The Morgan fingerprint density at radius 3 is 2.69 bits per heavy atom. The maximum Gasteiger partial charge on any atom is 0.271 e.